The normalized spacial score (nSPS) is 21.2. The minimum Gasteiger partial charge on any atom is -0.405 e. The Balaban J connectivity index is 1.56. The monoisotopic (exact) mass is 678 g/mol. The van der Waals surface area contributed by atoms with E-state index in [4.69, 9.17) is 28.1 Å². The van der Waals surface area contributed by atoms with Crippen LogP contribution in [0.2, 0.25) is 5.04 Å². The van der Waals surface area contributed by atoms with Crippen molar-refractivity contribution in [2.45, 2.75) is 69.7 Å². The van der Waals surface area contributed by atoms with Gasteiger partial charge in [-0.3, -0.25) is 0 Å². The first-order valence-corrected chi connectivity index (χ1v) is 18.9. The Morgan fingerprint density at radius 3 is 1.51 bits per heavy atom. The van der Waals surface area contributed by atoms with Gasteiger partial charge in [-0.05, 0) is 26.5 Å². The van der Waals surface area contributed by atoms with Crippen LogP contribution in [0.5, 0.6) is 0 Å². The fourth-order valence-corrected chi connectivity index (χ4v) is 11.1. The predicted octanol–water partition coefficient (Wildman–Crippen LogP) is 7.23. The molecule has 6 nitrogen and oxygen atoms in total. The van der Waals surface area contributed by atoms with Crippen molar-refractivity contribution >= 4 is 18.7 Å². The Morgan fingerprint density at radius 2 is 1.04 bits per heavy atom. The Morgan fingerprint density at radius 1 is 0.592 bits per heavy atom. The van der Waals surface area contributed by atoms with E-state index in [2.05, 4.69) is 94.6 Å². The van der Waals surface area contributed by atoms with Crippen LogP contribution in [0.3, 0.4) is 0 Å². The van der Waals surface area contributed by atoms with E-state index in [0.717, 1.165) is 11.1 Å². The van der Waals surface area contributed by atoms with Crippen molar-refractivity contribution in [1.82, 2.24) is 0 Å². The predicted molar refractivity (Wildman–Crippen MR) is 198 cm³/mol. The van der Waals surface area contributed by atoms with Crippen molar-refractivity contribution in [3.8, 4) is 0 Å². The fourth-order valence-electron chi connectivity index (χ4n) is 6.56. The van der Waals surface area contributed by atoms with E-state index in [1.807, 2.05) is 60.7 Å². The average Bonchev–Trinajstić information content (AvgIpc) is 3.13. The number of ether oxygens (including phenoxy) is 5. The van der Waals surface area contributed by atoms with Gasteiger partial charge in [0.1, 0.15) is 24.4 Å². The third-order valence-electron chi connectivity index (χ3n) is 8.83. The minimum atomic E-state index is -2.91. The molecule has 1 aliphatic heterocycles. The van der Waals surface area contributed by atoms with Gasteiger partial charge < -0.3 is 28.1 Å². The highest BCUT2D eigenvalue weighted by atomic mass is 28.4. The van der Waals surface area contributed by atoms with E-state index in [-0.39, 0.29) is 18.3 Å². The Labute approximate surface area is 293 Å². The summed E-state index contributed by atoms with van der Waals surface area (Å²) in [7, 11) is -2.91. The van der Waals surface area contributed by atoms with Gasteiger partial charge >= 0.3 is 0 Å². The topological polar surface area (TPSA) is 55.4 Å². The molecule has 0 N–H and O–H groups in total. The van der Waals surface area contributed by atoms with Gasteiger partial charge in [0.25, 0.3) is 8.32 Å². The van der Waals surface area contributed by atoms with Crippen LogP contribution >= 0.6 is 0 Å². The lowest BCUT2D eigenvalue weighted by Crippen LogP contribution is -2.68. The van der Waals surface area contributed by atoms with Crippen molar-refractivity contribution < 1.29 is 28.1 Å². The summed E-state index contributed by atoms with van der Waals surface area (Å²) in [5.74, 6) is 0. The maximum Gasteiger partial charge on any atom is 0.261 e. The van der Waals surface area contributed by atoms with Crippen molar-refractivity contribution in [3.63, 3.8) is 0 Å². The van der Waals surface area contributed by atoms with Gasteiger partial charge in [0, 0.05) is 0 Å². The van der Waals surface area contributed by atoms with Crippen LogP contribution in [0.1, 0.15) is 31.9 Å². The average molecular weight is 679 g/mol. The molecule has 1 fully saturated rings. The second kappa shape index (κ2) is 17.8. The first-order chi connectivity index (χ1) is 23.9. The molecule has 4 aromatic rings. The Kier molecular flexibility index (Phi) is 13.3. The van der Waals surface area contributed by atoms with Crippen LogP contribution < -0.4 is 10.4 Å². The van der Waals surface area contributed by atoms with E-state index in [1.165, 1.54) is 10.4 Å². The van der Waals surface area contributed by atoms with Gasteiger partial charge in [0.05, 0.1) is 33.0 Å². The summed E-state index contributed by atoms with van der Waals surface area (Å²) in [6.45, 7) is 16.1. The molecule has 0 aromatic heterocycles. The highest BCUT2D eigenvalue weighted by Crippen LogP contribution is 2.38. The first-order valence-electron chi connectivity index (χ1n) is 17.0. The van der Waals surface area contributed by atoms with E-state index < -0.39 is 39.0 Å². The molecule has 0 amide bonds. The standard InChI is InChI=1S/C42H50O6Si/c1-6-28-43-40-39(46-31-34-22-14-9-15-23-34)38(45-30-33-20-12-8-13-21-33)37(48-41(40)44-29-7-2)32-47-49(42(3,4)5,35-24-16-10-17-25-35)36-26-18-11-19-27-36/h6-27,37-41H,1-2,28-32H2,3-5H3/t37-,38-,39+,40+,41+/m1/s1. The first kappa shape index (κ1) is 36.6. The Hall–Kier alpha value is -3.66. The lowest BCUT2D eigenvalue weighted by atomic mass is 9.98. The van der Waals surface area contributed by atoms with Crippen LogP contribution in [0.25, 0.3) is 0 Å². The Bertz CT molecular complexity index is 1500. The number of benzene rings is 4. The largest absolute Gasteiger partial charge is 0.405 e. The molecule has 0 bridgehead atoms. The molecule has 7 heteroatoms. The lowest BCUT2D eigenvalue weighted by molar-refractivity contribution is -0.320. The van der Waals surface area contributed by atoms with E-state index in [0.29, 0.717) is 19.8 Å². The van der Waals surface area contributed by atoms with Crippen molar-refractivity contribution in [3.05, 3.63) is 158 Å². The third-order valence-corrected chi connectivity index (χ3v) is 13.8. The molecular weight excluding hydrogens is 629 g/mol. The van der Waals surface area contributed by atoms with Crippen LogP contribution in [-0.2, 0) is 41.3 Å². The summed E-state index contributed by atoms with van der Waals surface area (Å²) in [6, 6.07) is 41.5. The maximum absolute atomic E-state index is 7.41. The van der Waals surface area contributed by atoms with Gasteiger partial charge in [-0.25, -0.2) is 0 Å². The third kappa shape index (κ3) is 9.12. The van der Waals surface area contributed by atoms with Crippen molar-refractivity contribution in [1.29, 1.82) is 0 Å². The zero-order valence-electron chi connectivity index (χ0n) is 29.0. The van der Waals surface area contributed by atoms with Gasteiger partial charge in [-0.15, -0.1) is 13.2 Å². The molecule has 49 heavy (non-hydrogen) atoms. The van der Waals surface area contributed by atoms with Crippen LogP contribution in [0.15, 0.2) is 147 Å². The van der Waals surface area contributed by atoms with Crippen LogP contribution in [0.4, 0.5) is 0 Å². The fraction of sp³-hybridized carbons (Fsp3) is 0.333. The molecule has 0 spiro atoms. The maximum atomic E-state index is 7.41. The van der Waals surface area contributed by atoms with E-state index in [1.54, 1.807) is 12.2 Å². The summed E-state index contributed by atoms with van der Waals surface area (Å²) in [6.07, 6.45) is 0.399. The molecular formula is C42H50O6Si. The van der Waals surface area contributed by atoms with Gasteiger partial charge in [-0.1, -0.05) is 154 Å². The summed E-state index contributed by atoms with van der Waals surface area (Å²) in [5.41, 5.74) is 2.09. The highest BCUT2D eigenvalue weighted by molar-refractivity contribution is 6.99. The quantitative estimate of drug-likeness (QED) is 0.0868. The van der Waals surface area contributed by atoms with Gasteiger partial charge in [0.2, 0.25) is 0 Å². The van der Waals surface area contributed by atoms with Gasteiger partial charge in [-0.2, -0.15) is 0 Å². The van der Waals surface area contributed by atoms with E-state index >= 15 is 0 Å². The second-order valence-electron chi connectivity index (χ2n) is 13.2. The zero-order chi connectivity index (χ0) is 34.5. The highest BCUT2D eigenvalue weighted by Gasteiger charge is 2.53. The lowest BCUT2D eigenvalue weighted by Gasteiger charge is -2.48. The molecule has 0 saturated carbocycles. The summed E-state index contributed by atoms with van der Waals surface area (Å²) < 4.78 is 40.5. The van der Waals surface area contributed by atoms with Crippen LogP contribution in [-0.4, -0.2) is 58.8 Å². The van der Waals surface area contributed by atoms with Crippen molar-refractivity contribution in [2.24, 2.45) is 0 Å². The molecule has 258 valence electrons. The second-order valence-corrected chi connectivity index (χ2v) is 17.6. The molecule has 0 radical (unpaired) electrons. The SMILES string of the molecule is C=CCO[C@H]1O[C@H](CO[Si](c2ccccc2)(c2ccccc2)C(C)(C)C)[C@@H](OCc2ccccc2)[C@H](OCc2ccccc2)[C@@H]1OCC=C. The van der Waals surface area contributed by atoms with E-state index in [9.17, 15) is 0 Å². The number of hydrogen-bond donors (Lipinski definition) is 0. The molecule has 1 saturated heterocycles. The summed E-state index contributed by atoms with van der Waals surface area (Å²) >= 11 is 0. The number of hydrogen-bond acceptors (Lipinski definition) is 6. The molecule has 0 unspecified atom stereocenters. The molecule has 1 heterocycles. The molecule has 4 aromatic carbocycles. The van der Waals surface area contributed by atoms with Gasteiger partial charge in [0.15, 0.2) is 6.29 Å². The van der Waals surface area contributed by atoms with Crippen molar-refractivity contribution in [2.75, 3.05) is 19.8 Å². The number of rotatable bonds is 17. The molecule has 5 rings (SSSR count). The summed E-state index contributed by atoms with van der Waals surface area (Å²) in [4.78, 5) is 0. The minimum absolute atomic E-state index is 0.220. The molecule has 1 aliphatic rings. The smallest absolute Gasteiger partial charge is 0.261 e. The molecule has 5 atom stereocenters. The summed E-state index contributed by atoms with van der Waals surface area (Å²) in [5, 5.41) is 2.16. The molecule has 0 aliphatic carbocycles. The zero-order valence-corrected chi connectivity index (χ0v) is 30.0. The van der Waals surface area contributed by atoms with Crippen LogP contribution in [0, 0.1) is 0 Å².